The fourth-order valence-electron chi connectivity index (χ4n) is 3.32. The molecule has 0 saturated carbocycles. The molecule has 1 aromatic carbocycles. The molecule has 9 heteroatoms. The molecule has 0 saturated heterocycles. The summed E-state index contributed by atoms with van der Waals surface area (Å²) < 4.78 is 51.5. The fourth-order valence-corrected chi connectivity index (χ4v) is 3.32. The number of nitrogens with zero attached hydrogens (tertiary/aromatic N) is 3. The van der Waals surface area contributed by atoms with Crippen LogP contribution in [0.15, 0.2) is 47.4 Å². The van der Waals surface area contributed by atoms with Crippen molar-refractivity contribution in [1.82, 2.24) is 19.9 Å². The standard InChI is InChI=1S/C20H16F4N4O/c21-14-4-2-13(3-5-14)16-6-1-12(9-25-16)10-28-8-7-17-15(11-28)18(29)27-19(26-17)20(22,23)24/h1-6,9H,7-8,10-11H2,(H,26,27,29). The minimum absolute atomic E-state index is 0.196. The Morgan fingerprint density at radius 3 is 2.52 bits per heavy atom. The summed E-state index contributed by atoms with van der Waals surface area (Å²) >= 11 is 0. The van der Waals surface area contributed by atoms with Crippen molar-refractivity contribution in [1.29, 1.82) is 0 Å². The molecule has 2 aromatic heterocycles. The summed E-state index contributed by atoms with van der Waals surface area (Å²) in [6.45, 7) is 1.20. The van der Waals surface area contributed by atoms with Gasteiger partial charge in [0.15, 0.2) is 0 Å². The number of hydrogen-bond donors (Lipinski definition) is 1. The van der Waals surface area contributed by atoms with Gasteiger partial charge in [0.05, 0.1) is 17.0 Å². The number of H-pyrrole nitrogens is 1. The molecule has 0 spiro atoms. The SMILES string of the molecule is O=c1[nH]c(C(F)(F)F)nc2c1CN(Cc1ccc(-c3ccc(F)cc3)nc1)CC2. The van der Waals surface area contributed by atoms with Gasteiger partial charge >= 0.3 is 6.18 Å². The van der Waals surface area contributed by atoms with E-state index in [0.29, 0.717) is 18.8 Å². The number of hydrogen-bond acceptors (Lipinski definition) is 4. The monoisotopic (exact) mass is 404 g/mol. The van der Waals surface area contributed by atoms with Crippen LogP contribution in [0.1, 0.15) is 22.6 Å². The van der Waals surface area contributed by atoms with Crippen LogP contribution in [0.25, 0.3) is 11.3 Å². The summed E-state index contributed by atoms with van der Waals surface area (Å²) in [7, 11) is 0. The zero-order valence-corrected chi connectivity index (χ0v) is 15.1. The Morgan fingerprint density at radius 1 is 1.10 bits per heavy atom. The number of halogens is 4. The first-order valence-corrected chi connectivity index (χ1v) is 8.92. The number of nitrogens with one attached hydrogen (secondary N) is 1. The molecule has 0 amide bonds. The summed E-state index contributed by atoms with van der Waals surface area (Å²) in [5.74, 6) is -1.57. The highest BCUT2D eigenvalue weighted by Crippen LogP contribution is 2.27. The van der Waals surface area contributed by atoms with Gasteiger partial charge in [-0.25, -0.2) is 9.37 Å². The van der Waals surface area contributed by atoms with Crippen LogP contribution in [-0.4, -0.2) is 26.4 Å². The van der Waals surface area contributed by atoms with Crippen LogP contribution in [0.5, 0.6) is 0 Å². The molecule has 4 rings (SSSR count). The van der Waals surface area contributed by atoms with E-state index in [1.165, 1.54) is 12.1 Å². The molecule has 0 atom stereocenters. The van der Waals surface area contributed by atoms with Crippen molar-refractivity contribution in [3.05, 3.63) is 81.4 Å². The first-order valence-electron chi connectivity index (χ1n) is 8.92. The summed E-state index contributed by atoms with van der Waals surface area (Å²) in [5, 5.41) is 0. The maximum absolute atomic E-state index is 13.0. The van der Waals surface area contributed by atoms with Crippen molar-refractivity contribution in [3.8, 4) is 11.3 Å². The van der Waals surface area contributed by atoms with Crippen molar-refractivity contribution < 1.29 is 17.6 Å². The molecule has 1 aliphatic heterocycles. The van der Waals surface area contributed by atoms with Gasteiger partial charge in [-0.3, -0.25) is 14.7 Å². The van der Waals surface area contributed by atoms with Gasteiger partial charge in [0.2, 0.25) is 5.82 Å². The van der Waals surface area contributed by atoms with E-state index in [9.17, 15) is 22.4 Å². The van der Waals surface area contributed by atoms with Crippen LogP contribution >= 0.6 is 0 Å². The second-order valence-electron chi connectivity index (χ2n) is 6.86. The van der Waals surface area contributed by atoms with E-state index >= 15 is 0 Å². The number of aromatic nitrogens is 3. The lowest BCUT2D eigenvalue weighted by atomic mass is 10.1. The lowest BCUT2D eigenvalue weighted by Gasteiger charge is -2.27. The molecule has 150 valence electrons. The fraction of sp³-hybridized carbons (Fsp3) is 0.250. The van der Waals surface area contributed by atoms with E-state index in [2.05, 4.69) is 9.97 Å². The minimum atomic E-state index is -4.68. The Morgan fingerprint density at radius 2 is 1.86 bits per heavy atom. The molecule has 0 unspecified atom stereocenters. The zero-order valence-electron chi connectivity index (χ0n) is 15.1. The highest BCUT2D eigenvalue weighted by molar-refractivity contribution is 5.58. The van der Waals surface area contributed by atoms with Crippen LogP contribution in [0.3, 0.4) is 0 Å². The Hall–Kier alpha value is -3.07. The molecule has 0 radical (unpaired) electrons. The van der Waals surface area contributed by atoms with Crippen molar-refractivity contribution >= 4 is 0 Å². The lowest BCUT2D eigenvalue weighted by Crippen LogP contribution is -2.36. The van der Waals surface area contributed by atoms with E-state index in [0.717, 1.165) is 11.1 Å². The largest absolute Gasteiger partial charge is 0.449 e. The van der Waals surface area contributed by atoms with Gasteiger partial charge < -0.3 is 4.98 Å². The Labute approximate surface area is 163 Å². The molecule has 1 N–H and O–H groups in total. The first kappa shape index (κ1) is 19.3. The van der Waals surface area contributed by atoms with Crippen LogP contribution < -0.4 is 5.56 Å². The topological polar surface area (TPSA) is 61.9 Å². The van der Waals surface area contributed by atoms with E-state index in [-0.39, 0.29) is 30.0 Å². The van der Waals surface area contributed by atoms with Gasteiger partial charge in [0.25, 0.3) is 5.56 Å². The Kier molecular flexibility index (Phi) is 4.91. The number of fused-ring (bicyclic) bond motifs is 1. The number of alkyl halides is 3. The van der Waals surface area contributed by atoms with Crippen molar-refractivity contribution in [2.45, 2.75) is 25.7 Å². The normalized spacial score (nSPS) is 14.6. The Bertz CT molecular complexity index is 1080. The average molecular weight is 404 g/mol. The van der Waals surface area contributed by atoms with Gasteiger partial charge in [-0.05, 0) is 35.9 Å². The maximum Gasteiger partial charge on any atom is 0.449 e. The number of aromatic amines is 1. The molecule has 3 aromatic rings. The molecule has 3 heterocycles. The van der Waals surface area contributed by atoms with Crippen molar-refractivity contribution in [3.63, 3.8) is 0 Å². The maximum atomic E-state index is 13.0. The molecule has 29 heavy (non-hydrogen) atoms. The summed E-state index contributed by atoms with van der Waals surface area (Å²) in [4.78, 5) is 23.9. The Balaban J connectivity index is 1.48. The lowest BCUT2D eigenvalue weighted by molar-refractivity contribution is -0.145. The van der Waals surface area contributed by atoms with E-state index < -0.39 is 17.6 Å². The van der Waals surface area contributed by atoms with Crippen molar-refractivity contribution in [2.24, 2.45) is 0 Å². The third kappa shape index (κ3) is 4.19. The third-order valence-corrected chi connectivity index (χ3v) is 4.79. The second-order valence-corrected chi connectivity index (χ2v) is 6.86. The molecular weight excluding hydrogens is 388 g/mol. The highest BCUT2D eigenvalue weighted by Gasteiger charge is 2.35. The van der Waals surface area contributed by atoms with Crippen molar-refractivity contribution in [2.75, 3.05) is 6.54 Å². The summed E-state index contributed by atoms with van der Waals surface area (Å²) in [6, 6.07) is 9.74. The predicted octanol–water partition coefficient (Wildman–Crippen LogP) is 3.55. The highest BCUT2D eigenvalue weighted by atomic mass is 19.4. The van der Waals surface area contributed by atoms with E-state index in [4.69, 9.17) is 0 Å². The van der Waals surface area contributed by atoms with Gasteiger partial charge in [0, 0.05) is 37.8 Å². The summed E-state index contributed by atoms with van der Waals surface area (Å²) in [5.41, 5.74) is 2.11. The van der Waals surface area contributed by atoms with Crippen LogP contribution in [0.4, 0.5) is 17.6 Å². The summed E-state index contributed by atoms with van der Waals surface area (Å²) in [6.07, 6.45) is -2.71. The minimum Gasteiger partial charge on any atom is -0.303 e. The molecule has 5 nitrogen and oxygen atoms in total. The molecule has 1 aliphatic rings. The van der Waals surface area contributed by atoms with E-state index in [1.807, 2.05) is 22.0 Å². The molecule has 0 bridgehead atoms. The number of rotatable bonds is 3. The first-order chi connectivity index (χ1) is 13.8. The zero-order chi connectivity index (χ0) is 20.6. The predicted molar refractivity (Wildman–Crippen MR) is 97.3 cm³/mol. The van der Waals surface area contributed by atoms with E-state index in [1.54, 1.807) is 18.3 Å². The van der Waals surface area contributed by atoms with Gasteiger partial charge in [0.1, 0.15) is 5.82 Å². The van der Waals surface area contributed by atoms with Gasteiger partial charge in [-0.2, -0.15) is 13.2 Å². The van der Waals surface area contributed by atoms with Crippen LogP contribution in [-0.2, 0) is 25.7 Å². The second kappa shape index (κ2) is 7.40. The number of benzene rings is 1. The van der Waals surface area contributed by atoms with Gasteiger partial charge in [-0.1, -0.05) is 6.07 Å². The van der Waals surface area contributed by atoms with Gasteiger partial charge in [-0.15, -0.1) is 0 Å². The third-order valence-electron chi connectivity index (χ3n) is 4.79. The molecule has 0 fully saturated rings. The molecular formula is C20H16F4N4O. The number of pyridine rings is 1. The van der Waals surface area contributed by atoms with Crippen LogP contribution in [0, 0.1) is 5.82 Å². The quantitative estimate of drug-likeness (QED) is 0.679. The smallest absolute Gasteiger partial charge is 0.303 e. The van der Waals surface area contributed by atoms with Crippen LogP contribution in [0.2, 0.25) is 0 Å². The molecule has 0 aliphatic carbocycles. The average Bonchev–Trinajstić information content (AvgIpc) is 2.69.